The van der Waals surface area contributed by atoms with Gasteiger partial charge in [0.25, 0.3) is 5.91 Å². The molecule has 2 amide bonds. The number of carbonyl (C=O) groups is 2. The predicted octanol–water partition coefficient (Wildman–Crippen LogP) is 4.53. The minimum absolute atomic E-state index is 0.0328. The lowest BCUT2D eigenvalue weighted by atomic mass is 9.78. The third-order valence-corrected chi connectivity index (χ3v) is 7.57. The highest BCUT2D eigenvalue weighted by Gasteiger charge is 2.53. The maximum absolute atomic E-state index is 14.0. The third kappa shape index (κ3) is 4.74. The maximum Gasteiger partial charge on any atom is 0.287 e. The second-order valence-electron chi connectivity index (χ2n) is 10.3. The van der Waals surface area contributed by atoms with E-state index in [4.69, 9.17) is 4.42 Å². The summed E-state index contributed by atoms with van der Waals surface area (Å²) in [4.78, 5) is 26.5. The van der Waals surface area contributed by atoms with Gasteiger partial charge in [0, 0.05) is 18.2 Å². The highest BCUT2D eigenvalue weighted by Crippen LogP contribution is 2.41. The first-order valence-electron chi connectivity index (χ1n) is 12.6. The topological polar surface area (TPSA) is 126 Å². The first kappa shape index (κ1) is 24.7. The molecule has 39 heavy (non-hydrogen) atoms. The molecule has 2 N–H and O–H groups in total. The number of halogens is 2. The summed E-state index contributed by atoms with van der Waals surface area (Å²) in [5, 5.41) is 23.2. The molecule has 9 nitrogen and oxygen atoms in total. The molecule has 0 bridgehead atoms. The molecule has 0 aliphatic heterocycles. The van der Waals surface area contributed by atoms with E-state index in [1.807, 2.05) is 42.5 Å². The van der Waals surface area contributed by atoms with Crippen LogP contribution >= 0.6 is 0 Å². The van der Waals surface area contributed by atoms with E-state index in [9.17, 15) is 23.6 Å². The summed E-state index contributed by atoms with van der Waals surface area (Å²) in [5.41, 5.74) is 0.571. The third-order valence-electron chi connectivity index (χ3n) is 7.57. The molecule has 0 radical (unpaired) electrons. The van der Waals surface area contributed by atoms with Gasteiger partial charge in [-0.2, -0.15) is 5.26 Å². The van der Waals surface area contributed by atoms with E-state index in [-0.39, 0.29) is 18.6 Å². The molecule has 0 saturated heterocycles. The average molecular weight is 531 g/mol. The van der Waals surface area contributed by atoms with Crippen LogP contribution in [0.25, 0.3) is 27.8 Å². The lowest BCUT2D eigenvalue weighted by Crippen LogP contribution is -2.62. The number of aromatic nitrogens is 3. The highest BCUT2D eigenvalue weighted by molar-refractivity contribution is 6.00. The monoisotopic (exact) mass is 530 g/mol. The quantitative estimate of drug-likeness (QED) is 0.377. The van der Waals surface area contributed by atoms with Crippen LogP contribution in [0.3, 0.4) is 0 Å². The van der Waals surface area contributed by atoms with Crippen LogP contribution in [0, 0.1) is 11.3 Å². The zero-order chi connectivity index (χ0) is 27.3. The van der Waals surface area contributed by atoms with Crippen LogP contribution in [-0.4, -0.2) is 43.8 Å². The molecular weight excluding hydrogens is 506 g/mol. The number of nitrogens with zero attached hydrogens (tertiary/aromatic N) is 4. The van der Waals surface area contributed by atoms with Crippen LogP contribution in [-0.2, 0) is 4.79 Å². The van der Waals surface area contributed by atoms with Gasteiger partial charge in [-0.05, 0) is 61.1 Å². The van der Waals surface area contributed by atoms with Gasteiger partial charge in [-0.1, -0.05) is 29.5 Å². The Kier molecular flexibility index (Phi) is 5.71. The number of benzene rings is 2. The summed E-state index contributed by atoms with van der Waals surface area (Å²) < 4.78 is 35.5. The summed E-state index contributed by atoms with van der Waals surface area (Å²) in [6.07, 6.45) is 2.76. The molecule has 2 aromatic carbocycles. The van der Waals surface area contributed by atoms with E-state index >= 15 is 0 Å². The van der Waals surface area contributed by atoms with Crippen LogP contribution in [0.4, 0.5) is 8.78 Å². The number of hydrogen-bond donors (Lipinski definition) is 2. The van der Waals surface area contributed by atoms with E-state index in [0.29, 0.717) is 23.8 Å². The van der Waals surface area contributed by atoms with Gasteiger partial charge in [0.05, 0.1) is 24.2 Å². The molecule has 0 unspecified atom stereocenters. The Morgan fingerprint density at radius 2 is 1.67 bits per heavy atom. The van der Waals surface area contributed by atoms with Crippen molar-refractivity contribution in [2.24, 2.45) is 0 Å². The lowest BCUT2D eigenvalue weighted by Gasteiger charge is -2.39. The number of nitriles is 1. The Hall–Kier alpha value is -4.59. The smallest absolute Gasteiger partial charge is 0.287 e. The Morgan fingerprint density at radius 3 is 2.31 bits per heavy atom. The summed E-state index contributed by atoms with van der Waals surface area (Å²) in [6, 6.07) is 16.8. The number of alkyl halides is 2. The van der Waals surface area contributed by atoms with Gasteiger partial charge in [0.15, 0.2) is 5.76 Å². The van der Waals surface area contributed by atoms with E-state index in [1.165, 1.54) is 0 Å². The van der Waals surface area contributed by atoms with Gasteiger partial charge in [-0.25, -0.2) is 13.5 Å². The lowest BCUT2D eigenvalue weighted by molar-refractivity contribution is -0.133. The average Bonchev–Trinajstić information content (AvgIpc) is 3.30. The maximum atomic E-state index is 14.0. The first-order valence-corrected chi connectivity index (χ1v) is 12.6. The normalized spacial score (nSPS) is 18.7. The van der Waals surface area contributed by atoms with Crippen LogP contribution in [0.15, 0.2) is 65.3 Å². The Balaban J connectivity index is 1.23. The van der Waals surface area contributed by atoms with Crippen LogP contribution < -0.4 is 10.6 Å². The molecule has 2 aliphatic rings. The SMILES string of the molecule is N#CC1(NC(=O)C2(NC(=O)c3cc4ccc(-c5ccc(-n6ccnn6)cc5)cc4o3)CCC(F)(F)CC2)CC1. The number of fused-ring (bicyclic) bond motifs is 1. The Morgan fingerprint density at radius 1 is 0.949 bits per heavy atom. The predicted molar refractivity (Wildman–Crippen MR) is 136 cm³/mol. The van der Waals surface area contributed by atoms with E-state index in [1.54, 1.807) is 23.1 Å². The number of hydrogen-bond acceptors (Lipinski definition) is 6. The Bertz CT molecular complexity index is 1590. The van der Waals surface area contributed by atoms with Crippen molar-refractivity contribution in [3.63, 3.8) is 0 Å². The van der Waals surface area contributed by atoms with E-state index in [2.05, 4.69) is 27.0 Å². The van der Waals surface area contributed by atoms with Crippen LogP contribution in [0.2, 0.25) is 0 Å². The molecule has 6 rings (SSSR count). The number of rotatable bonds is 6. The summed E-state index contributed by atoms with van der Waals surface area (Å²) >= 11 is 0. The first-order chi connectivity index (χ1) is 18.7. The molecule has 2 aliphatic carbocycles. The fourth-order valence-electron chi connectivity index (χ4n) is 4.93. The van der Waals surface area contributed by atoms with E-state index in [0.717, 1.165) is 16.8 Å². The molecule has 4 aromatic rings. The second-order valence-corrected chi connectivity index (χ2v) is 10.3. The largest absolute Gasteiger partial charge is 0.451 e. The van der Waals surface area contributed by atoms with E-state index < -0.39 is 41.7 Å². The van der Waals surface area contributed by atoms with Gasteiger partial charge in [0.2, 0.25) is 11.8 Å². The molecule has 2 saturated carbocycles. The molecule has 11 heteroatoms. The summed E-state index contributed by atoms with van der Waals surface area (Å²) in [7, 11) is 0. The fourth-order valence-corrected chi connectivity index (χ4v) is 4.93. The van der Waals surface area contributed by atoms with Gasteiger partial charge in [0.1, 0.15) is 16.7 Å². The number of carbonyl (C=O) groups excluding carboxylic acids is 2. The van der Waals surface area contributed by atoms with Crippen molar-refractivity contribution in [1.82, 2.24) is 25.6 Å². The van der Waals surface area contributed by atoms with Crippen molar-refractivity contribution in [1.29, 1.82) is 5.26 Å². The standard InChI is InChI=1S/C28H24F2N6O3/c29-28(30)11-9-27(10-12-28,25(38)34-26(17-31)7-8-26)33-24(37)23-16-20-2-1-19(15-22(20)39-23)18-3-5-21(6-4-18)36-14-13-32-35-36/h1-6,13-16H,7-12H2,(H,33,37)(H,34,38). The van der Waals surface area contributed by atoms with Gasteiger partial charge >= 0.3 is 0 Å². The van der Waals surface area contributed by atoms with Crippen molar-refractivity contribution < 1.29 is 22.8 Å². The fraction of sp³-hybridized carbons (Fsp3) is 0.321. The van der Waals surface area contributed by atoms with Crippen molar-refractivity contribution in [3.05, 3.63) is 66.7 Å². The van der Waals surface area contributed by atoms with Crippen LogP contribution in [0.1, 0.15) is 49.1 Å². The molecule has 198 valence electrons. The molecule has 0 spiro atoms. The molecular formula is C28H24F2N6O3. The van der Waals surface area contributed by atoms with Gasteiger partial charge in [-0.15, -0.1) is 5.10 Å². The molecule has 2 aromatic heterocycles. The van der Waals surface area contributed by atoms with Gasteiger partial charge < -0.3 is 15.1 Å². The van der Waals surface area contributed by atoms with Crippen molar-refractivity contribution >= 4 is 22.8 Å². The molecule has 0 atom stereocenters. The second kappa shape index (κ2) is 9.01. The van der Waals surface area contributed by atoms with Crippen molar-refractivity contribution in [2.45, 2.75) is 55.5 Å². The molecule has 2 heterocycles. The zero-order valence-corrected chi connectivity index (χ0v) is 20.8. The highest BCUT2D eigenvalue weighted by atomic mass is 19.3. The Labute approximate surface area is 221 Å². The van der Waals surface area contributed by atoms with Crippen molar-refractivity contribution in [3.8, 4) is 22.9 Å². The minimum Gasteiger partial charge on any atom is -0.451 e. The van der Waals surface area contributed by atoms with Gasteiger partial charge in [-0.3, -0.25) is 9.59 Å². The summed E-state index contributed by atoms with van der Waals surface area (Å²) in [6.45, 7) is 0. The molecule has 2 fully saturated rings. The number of nitrogens with one attached hydrogen (secondary N) is 2. The number of furan rings is 1. The minimum atomic E-state index is -2.91. The van der Waals surface area contributed by atoms with Crippen molar-refractivity contribution in [2.75, 3.05) is 0 Å². The number of amides is 2. The summed E-state index contributed by atoms with van der Waals surface area (Å²) in [5.74, 6) is -4.23. The van der Waals surface area contributed by atoms with Crippen LogP contribution in [0.5, 0.6) is 0 Å². The zero-order valence-electron chi connectivity index (χ0n) is 20.8.